The molecule has 1 aromatic heterocycles. The molecule has 2 aromatic rings. The lowest BCUT2D eigenvalue weighted by molar-refractivity contribution is 0.298. The minimum absolute atomic E-state index is 0.124. The number of aromatic nitrogens is 1. The van der Waals surface area contributed by atoms with Crippen molar-refractivity contribution in [2.75, 3.05) is 7.05 Å². The van der Waals surface area contributed by atoms with E-state index in [1.807, 2.05) is 19.2 Å². The molecular weight excluding hydrogens is 267 g/mol. The Morgan fingerprint density at radius 3 is 2.84 bits per heavy atom. The van der Waals surface area contributed by atoms with Crippen LogP contribution in [0.1, 0.15) is 11.3 Å². The van der Waals surface area contributed by atoms with Crippen molar-refractivity contribution in [2.45, 2.75) is 13.2 Å². The van der Waals surface area contributed by atoms with Gasteiger partial charge < -0.3 is 10.1 Å². The Labute approximate surface area is 116 Å². The van der Waals surface area contributed by atoms with Gasteiger partial charge >= 0.3 is 0 Å². The molecule has 2 rings (SSSR count). The maximum Gasteiger partial charge on any atom is 0.138 e. The van der Waals surface area contributed by atoms with Crippen molar-refractivity contribution in [1.82, 2.24) is 10.3 Å². The van der Waals surface area contributed by atoms with E-state index in [0.717, 1.165) is 5.69 Å². The summed E-state index contributed by atoms with van der Waals surface area (Å²) in [6, 6.07) is 8.06. The van der Waals surface area contributed by atoms with Crippen molar-refractivity contribution >= 4 is 11.6 Å². The van der Waals surface area contributed by atoms with Crippen molar-refractivity contribution in [1.29, 1.82) is 0 Å². The Morgan fingerprint density at radius 1 is 1.32 bits per heavy atom. The molecule has 0 unspecified atom stereocenters. The van der Waals surface area contributed by atoms with Crippen LogP contribution in [0.15, 0.2) is 36.5 Å². The minimum Gasteiger partial charge on any atom is -0.487 e. The number of benzene rings is 1. The van der Waals surface area contributed by atoms with E-state index in [1.165, 1.54) is 12.1 Å². The number of nitrogens with zero attached hydrogens (tertiary/aromatic N) is 1. The second kappa shape index (κ2) is 6.50. The van der Waals surface area contributed by atoms with Gasteiger partial charge in [0.25, 0.3) is 0 Å². The Hall–Kier alpha value is -1.65. The van der Waals surface area contributed by atoms with Crippen LogP contribution < -0.4 is 10.1 Å². The van der Waals surface area contributed by atoms with Gasteiger partial charge in [0.15, 0.2) is 0 Å². The van der Waals surface area contributed by atoms with Crippen molar-refractivity contribution < 1.29 is 9.13 Å². The summed E-state index contributed by atoms with van der Waals surface area (Å²) < 4.78 is 19.0. The number of nitrogens with one attached hydrogen (secondary N) is 1. The first-order chi connectivity index (χ1) is 9.19. The summed E-state index contributed by atoms with van der Waals surface area (Å²) >= 11 is 5.81. The van der Waals surface area contributed by atoms with Crippen LogP contribution in [0, 0.1) is 5.82 Å². The van der Waals surface area contributed by atoms with E-state index in [2.05, 4.69) is 10.3 Å². The highest BCUT2D eigenvalue weighted by Crippen LogP contribution is 2.17. The average molecular weight is 281 g/mol. The SMILES string of the molecule is CNCc1ccc(OCc2cc(Cl)ccc2F)cn1. The first-order valence-corrected chi connectivity index (χ1v) is 6.23. The van der Waals surface area contributed by atoms with Crippen LogP contribution in [0.5, 0.6) is 5.75 Å². The van der Waals surface area contributed by atoms with Crippen LogP contribution in [-0.4, -0.2) is 12.0 Å². The van der Waals surface area contributed by atoms with E-state index >= 15 is 0 Å². The Kier molecular flexibility index (Phi) is 4.71. The van der Waals surface area contributed by atoms with Gasteiger partial charge in [-0.05, 0) is 37.4 Å². The van der Waals surface area contributed by atoms with Crippen molar-refractivity contribution in [3.05, 3.63) is 58.6 Å². The molecule has 0 aliphatic heterocycles. The van der Waals surface area contributed by atoms with E-state index in [1.54, 1.807) is 12.3 Å². The molecular formula is C14H14ClFN2O. The normalized spacial score (nSPS) is 10.5. The second-order valence-corrected chi connectivity index (χ2v) is 4.48. The van der Waals surface area contributed by atoms with Gasteiger partial charge in [-0.15, -0.1) is 0 Å². The molecule has 0 bridgehead atoms. The summed E-state index contributed by atoms with van der Waals surface area (Å²) in [4.78, 5) is 4.21. The minimum atomic E-state index is -0.329. The van der Waals surface area contributed by atoms with Gasteiger partial charge in [0.2, 0.25) is 0 Å². The van der Waals surface area contributed by atoms with E-state index in [-0.39, 0.29) is 12.4 Å². The maximum atomic E-state index is 13.5. The first-order valence-electron chi connectivity index (χ1n) is 5.85. The van der Waals surface area contributed by atoms with Gasteiger partial charge in [-0.1, -0.05) is 11.6 Å². The molecule has 1 aromatic carbocycles. The second-order valence-electron chi connectivity index (χ2n) is 4.04. The number of hydrogen-bond acceptors (Lipinski definition) is 3. The molecule has 0 aliphatic carbocycles. The molecule has 0 aliphatic rings. The number of halogens is 2. The third kappa shape index (κ3) is 3.91. The van der Waals surface area contributed by atoms with Gasteiger partial charge in [-0.2, -0.15) is 0 Å². The Morgan fingerprint density at radius 2 is 2.16 bits per heavy atom. The molecule has 1 N–H and O–H groups in total. The van der Waals surface area contributed by atoms with Gasteiger partial charge in [0.05, 0.1) is 11.9 Å². The highest BCUT2D eigenvalue weighted by atomic mass is 35.5. The monoisotopic (exact) mass is 280 g/mol. The van der Waals surface area contributed by atoms with Crippen molar-refractivity contribution in [3.8, 4) is 5.75 Å². The third-order valence-electron chi connectivity index (χ3n) is 2.56. The zero-order valence-electron chi connectivity index (χ0n) is 10.5. The maximum absolute atomic E-state index is 13.5. The van der Waals surface area contributed by atoms with Gasteiger partial charge in [-0.25, -0.2) is 4.39 Å². The smallest absolute Gasteiger partial charge is 0.138 e. The summed E-state index contributed by atoms with van der Waals surface area (Å²) in [5, 5.41) is 3.50. The zero-order chi connectivity index (χ0) is 13.7. The van der Waals surface area contributed by atoms with Gasteiger partial charge in [0, 0.05) is 17.1 Å². The van der Waals surface area contributed by atoms with Crippen LogP contribution >= 0.6 is 11.6 Å². The molecule has 19 heavy (non-hydrogen) atoms. The highest BCUT2D eigenvalue weighted by molar-refractivity contribution is 6.30. The third-order valence-corrected chi connectivity index (χ3v) is 2.79. The molecule has 0 saturated carbocycles. The van der Waals surface area contributed by atoms with E-state index in [9.17, 15) is 4.39 Å². The first kappa shape index (κ1) is 13.8. The fourth-order valence-corrected chi connectivity index (χ4v) is 1.79. The topological polar surface area (TPSA) is 34.1 Å². The molecule has 0 atom stereocenters. The summed E-state index contributed by atoms with van der Waals surface area (Å²) in [7, 11) is 1.86. The molecule has 1 heterocycles. The highest BCUT2D eigenvalue weighted by Gasteiger charge is 2.04. The van der Waals surface area contributed by atoms with Crippen molar-refractivity contribution in [3.63, 3.8) is 0 Å². The molecule has 100 valence electrons. The Bertz CT molecular complexity index is 546. The molecule has 5 heteroatoms. The van der Waals surface area contributed by atoms with Crippen LogP contribution in [0.2, 0.25) is 5.02 Å². The standard InChI is InChI=1S/C14H14ClFN2O/c1-17-7-12-3-4-13(8-18-12)19-9-10-6-11(15)2-5-14(10)16/h2-6,8,17H,7,9H2,1H3. The lowest BCUT2D eigenvalue weighted by Gasteiger charge is -2.08. The molecule has 0 fully saturated rings. The largest absolute Gasteiger partial charge is 0.487 e. The van der Waals surface area contributed by atoms with E-state index < -0.39 is 0 Å². The predicted octanol–water partition coefficient (Wildman–Crippen LogP) is 3.17. The summed E-state index contributed by atoms with van der Waals surface area (Å²) in [5.74, 6) is 0.267. The van der Waals surface area contributed by atoms with Crippen LogP contribution in [-0.2, 0) is 13.2 Å². The fraction of sp³-hybridized carbons (Fsp3) is 0.214. The van der Waals surface area contributed by atoms with Crippen LogP contribution in [0.4, 0.5) is 4.39 Å². The molecule has 0 radical (unpaired) electrons. The molecule has 0 spiro atoms. The van der Waals surface area contributed by atoms with Crippen LogP contribution in [0.3, 0.4) is 0 Å². The zero-order valence-corrected chi connectivity index (χ0v) is 11.2. The number of rotatable bonds is 5. The number of ether oxygens (including phenoxy) is 1. The van der Waals surface area contributed by atoms with Crippen molar-refractivity contribution in [2.24, 2.45) is 0 Å². The summed E-state index contributed by atoms with van der Waals surface area (Å²) in [6.07, 6.45) is 1.62. The van der Waals surface area contributed by atoms with Gasteiger partial charge in [-0.3, -0.25) is 4.98 Å². The number of hydrogen-bond donors (Lipinski definition) is 1. The lowest BCUT2D eigenvalue weighted by Crippen LogP contribution is -2.06. The van der Waals surface area contributed by atoms with E-state index in [0.29, 0.717) is 22.9 Å². The molecule has 0 saturated heterocycles. The summed E-state index contributed by atoms with van der Waals surface area (Å²) in [5.41, 5.74) is 1.34. The average Bonchev–Trinajstić information content (AvgIpc) is 2.42. The lowest BCUT2D eigenvalue weighted by atomic mass is 10.2. The summed E-state index contributed by atoms with van der Waals surface area (Å²) in [6.45, 7) is 0.822. The van der Waals surface area contributed by atoms with E-state index in [4.69, 9.17) is 16.3 Å². The van der Waals surface area contributed by atoms with Gasteiger partial charge in [0.1, 0.15) is 18.2 Å². The quantitative estimate of drug-likeness (QED) is 0.913. The number of pyridine rings is 1. The molecule has 3 nitrogen and oxygen atoms in total. The fourth-order valence-electron chi connectivity index (χ4n) is 1.60. The Balaban J connectivity index is 2.00. The predicted molar refractivity (Wildman–Crippen MR) is 72.7 cm³/mol. The molecule has 0 amide bonds. The van der Waals surface area contributed by atoms with Crippen LogP contribution in [0.25, 0.3) is 0 Å².